The number of fused-ring (bicyclic) bond motifs is 2. The normalized spacial score (nSPS) is 16.5. The van der Waals surface area contributed by atoms with Gasteiger partial charge in [0.25, 0.3) is 5.91 Å². The van der Waals surface area contributed by atoms with Gasteiger partial charge in [-0.1, -0.05) is 49.9 Å². The van der Waals surface area contributed by atoms with E-state index in [9.17, 15) is 9.59 Å². The zero-order valence-electron chi connectivity index (χ0n) is 17.1. The SMILES string of the molecule is C=CC(=O)NCC(NC(=O)c1cnn2c1CC(C)CC2)c1ccc2ccccc2c1. The number of aromatic nitrogens is 2. The summed E-state index contributed by atoms with van der Waals surface area (Å²) in [6, 6.07) is 13.8. The lowest BCUT2D eigenvalue weighted by Gasteiger charge is -2.22. The van der Waals surface area contributed by atoms with E-state index in [4.69, 9.17) is 0 Å². The number of hydrogen-bond donors (Lipinski definition) is 2. The van der Waals surface area contributed by atoms with Crippen LogP contribution in [-0.2, 0) is 17.8 Å². The quantitative estimate of drug-likeness (QED) is 0.621. The Morgan fingerprint density at radius 3 is 2.87 bits per heavy atom. The molecule has 1 aliphatic rings. The summed E-state index contributed by atoms with van der Waals surface area (Å²) in [4.78, 5) is 24.9. The van der Waals surface area contributed by atoms with Crippen LogP contribution in [0.1, 0.15) is 41.0 Å². The smallest absolute Gasteiger partial charge is 0.255 e. The van der Waals surface area contributed by atoms with Crippen molar-refractivity contribution in [3.63, 3.8) is 0 Å². The number of benzene rings is 2. The largest absolute Gasteiger partial charge is 0.350 e. The topological polar surface area (TPSA) is 76.0 Å². The van der Waals surface area contributed by atoms with Gasteiger partial charge in [-0.25, -0.2) is 0 Å². The van der Waals surface area contributed by atoms with Crippen molar-refractivity contribution in [2.24, 2.45) is 5.92 Å². The molecule has 0 bridgehead atoms. The fourth-order valence-electron chi connectivity index (χ4n) is 3.97. The zero-order valence-corrected chi connectivity index (χ0v) is 17.1. The highest BCUT2D eigenvalue weighted by molar-refractivity contribution is 5.95. The summed E-state index contributed by atoms with van der Waals surface area (Å²) in [5.41, 5.74) is 2.53. The van der Waals surface area contributed by atoms with E-state index in [1.807, 2.05) is 41.1 Å². The van der Waals surface area contributed by atoms with E-state index < -0.39 is 0 Å². The lowest BCUT2D eigenvalue weighted by Crippen LogP contribution is -2.37. The first kappa shape index (κ1) is 19.9. The Labute approximate surface area is 176 Å². The number of carbonyl (C=O) groups is 2. The molecule has 0 spiro atoms. The molecule has 2 heterocycles. The van der Waals surface area contributed by atoms with Gasteiger partial charge in [0, 0.05) is 13.1 Å². The minimum Gasteiger partial charge on any atom is -0.350 e. The van der Waals surface area contributed by atoms with Crippen LogP contribution in [0.4, 0.5) is 0 Å². The zero-order chi connectivity index (χ0) is 21.1. The molecule has 0 aliphatic carbocycles. The Hall–Kier alpha value is -3.41. The molecule has 2 atom stereocenters. The van der Waals surface area contributed by atoms with E-state index >= 15 is 0 Å². The maximum Gasteiger partial charge on any atom is 0.255 e. The average molecular weight is 402 g/mol. The Kier molecular flexibility index (Phi) is 5.65. The number of rotatable bonds is 6. The molecule has 0 fully saturated rings. The van der Waals surface area contributed by atoms with E-state index in [1.54, 1.807) is 6.20 Å². The number of hydrogen-bond acceptors (Lipinski definition) is 3. The first-order valence-corrected chi connectivity index (χ1v) is 10.3. The second-order valence-electron chi connectivity index (χ2n) is 7.91. The van der Waals surface area contributed by atoms with Crippen molar-refractivity contribution in [1.82, 2.24) is 20.4 Å². The van der Waals surface area contributed by atoms with Crippen molar-refractivity contribution in [3.05, 3.63) is 78.1 Å². The molecule has 1 aromatic heterocycles. The molecule has 6 heteroatoms. The highest BCUT2D eigenvalue weighted by atomic mass is 16.2. The maximum atomic E-state index is 13.1. The molecule has 0 saturated heterocycles. The van der Waals surface area contributed by atoms with Crippen LogP contribution in [0.3, 0.4) is 0 Å². The van der Waals surface area contributed by atoms with Gasteiger partial charge in [-0.2, -0.15) is 5.10 Å². The molecule has 0 saturated carbocycles. The van der Waals surface area contributed by atoms with Crippen molar-refractivity contribution in [3.8, 4) is 0 Å². The van der Waals surface area contributed by atoms with E-state index in [2.05, 4.69) is 35.3 Å². The fourth-order valence-corrected chi connectivity index (χ4v) is 3.97. The van der Waals surface area contributed by atoms with Crippen LogP contribution in [0, 0.1) is 5.92 Å². The summed E-state index contributed by atoms with van der Waals surface area (Å²) in [5.74, 6) is 0.0899. The summed E-state index contributed by atoms with van der Waals surface area (Å²) in [6.45, 7) is 6.81. The summed E-state index contributed by atoms with van der Waals surface area (Å²) in [5, 5.41) is 12.5. The Morgan fingerprint density at radius 2 is 2.07 bits per heavy atom. The monoisotopic (exact) mass is 402 g/mol. The van der Waals surface area contributed by atoms with Crippen LogP contribution in [-0.4, -0.2) is 28.1 Å². The van der Waals surface area contributed by atoms with Crippen molar-refractivity contribution in [2.45, 2.75) is 32.4 Å². The van der Waals surface area contributed by atoms with Crippen LogP contribution in [0.15, 0.2) is 61.3 Å². The standard InChI is InChI=1S/C24H26N4O2/c1-3-23(29)25-15-21(19-9-8-17-6-4-5-7-18(17)13-19)27-24(30)20-14-26-28-11-10-16(2)12-22(20)28/h3-9,13-14,16,21H,1,10-12,15H2,2H3,(H,25,29)(H,27,30). The molecule has 6 nitrogen and oxygen atoms in total. The second kappa shape index (κ2) is 8.53. The predicted molar refractivity (Wildman–Crippen MR) is 117 cm³/mol. The van der Waals surface area contributed by atoms with Crippen LogP contribution in [0.2, 0.25) is 0 Å². The second-order valence-corrected chi connectivity index (χ2v) is 7.91. The maximum absolute atomic E-state index is 13.1. The average Bonchev–Trinajstić information content (AvgIpc) is 3.19. The molecular formula is C24H26N4O2. The van der Waals surface area contributed by atoms with Crippen LogP contribution >= 0.6 is 0 Å². The summed E-state index contributed by atoms with van der Waals surface area (Å²) >= 11 is 0. The molecule has 154 valence electrons. The lowest BCUT2D eigenvalue weighted by molar-refractivity contribution is -0.116. The predicted octanol–water partition coefficient (Wildman–Crippen LogP) is 3.39. The van der Waals surface area contributed by atoms with Gasteiger partial charge < -0.3 is 10.6 Å². The highest BCUT2D eigenvalue weighted by Gasteiger charge is 2.25. The number of amides is 2. The van der Waals surface area contributed by atoms with Crippen LogP contribution < -0.4 is 10.6 Å². The molecule has 2 N–H and O–H groups in total. The molecule has 30 heavy (non-hydrogen) atoms. The van der Waals surface area contributed by atoms with E-state index in [0.29, 0.717) is 11.5 Å². The summed E-state index contributed by atoms with van der Waals surface area (Å²) in [6.07, 6.45) is 4.80. The van der Waals surface area contributed by atoms with Gasteiger partial charge in [-0.05, 0) is 47.2 Å². The number of aryl methyl sites for hydroxylation is 1. The van der Waals surface area contributed by atoms with Gasteiger partial charge in [-0.15, -0.1) is 0 Å². The number of carbonyl (C=O) groups excluding carboxylic acids is 2. The van der Waals surface area contributed by atoms with Crippen molar-refractivity contribution in [2.75, 3.05) is 6.54 Å². The Morgan fingerprint density at radius 1 is 1.27 bits per heavy atom. The molecule has 1 aliphatic heterocycles. The van der Waals surface area contributed by atoms with Crippen LogP contribution in [0.25, 0.3) is 10.8 Å². The van der Waals surface area contributed by atoms with Crippen molar-refractivity contribution >= 4 is 22.6 Å². The third kappa shape index (κ3) is 4.13. The van der Waals surface area contributed by atoms with Crippen LogP contribution in [0.5, 0.6) is 0 Å². The van der Waals surface area contributed by atoms with Gasteiger partial charge in [0.15, 0.2) is 0 Å². The van der Waals surface area contributed by atoms with Gasteiger partial charge in [0.2, 0.25) is 5.91 Å². The molecule has 4 rings (SSSR count). The van der Waals surface area contributed by atoms with Gasteiger partial charge in [-0.3, -0.25) is 14.3 Å². The Bertz CT molecular complexity index is 1100. The molecule has 0 radical (unpaired) electrons. The van der Waals surface area contributed by atoms with E-state index in [1.165, 1.54) is 6.08 Å². The number of nitrogens with zero attached hydrogens (tertiary/aromatic N) is 2. The molecule has 2 unspecified atom stereocenters. The molecular weight excluding hydrogens is 376 g/mol. The molecule has 2 amide bonds. The van der Waals surface area contributed by atoms with E-state index in [0.717, 1.165) is 41.4 Å². The molecule has 2 aromatic carbocycles. The van der Waals surface area contributed by atoms with Gasteiger partial charge >= 0.3 is 0 Å². The first-order valence-electron chi connectivity index (χ1n) is 10.3. The van der Waals surface area contributed by atoms with E-state index in [-0.39, 0.29) is 24.4 Å². The minimum atomic E-state index is -0.373. The first-order chi connectivity index (χ1) is 14.5. The lowest BCUT2D eigenvalue weighted by atomic mass is 9.96. The highest BCUT2D eigenvalue weighted by Crippen LogP contribution is 2.24. The van der Waals surface area contributed by atoms with Crippen molar-refractivity contribution < 1.29 is 9.59 Å². The summed E-state index contributed by atoms with van der Waals surface area (Å²) in [7, 11) is 0. The fraction of sp³-hybridized carbons (Fsp3) is 0.292. The van der Waals surface area contributed by atoms with Gasteiger partial charge in [0.05, 0.1) is 23.5 Å². The number of nitrogens with one attached hydrogen (secondary N) is 2. The van der Waals surface area contributed by atoms with Gasteiger partial charge in [0.1, 0.15) is 0 Å². The minimum absolute atomic E-state index is 0.170. The third-order valence-corrected chi connectivity index (χ3v) is 5.72. The third-order valence-electron chi connectivity index (χ3n) is 5.72. The Balaban J connectivity index is 1.61. The van der Waals surface area contributed by atoms with Crippen molar-refractivity contribution in [1.29, 1.82) is 0 Å². The molecule has 3 aromatic rings. The summed E-state index contributed by atoms with van der Waals surface area (Å²) < 4.78 is 1.93.